The van der Waals surface area contributed by atoms with E-state index in [9.17, 15) is 4.79 Å². The van der Waals surface area contributed by atoms with Crippen LogP contribution >= 0.6 is 0 Å². The van der Waals surface area contributed by atoms with Crippen molar-refractivity contribution >= 4 is 5.97 Å². The molecule has 7 atom stereocenters. The lowest BCUT2D eigenvalue weighted by atomic mass is 9.93. The van der Waals surface area contributed by atoms with Gasteiger partial charge in [-0.25, -0.2) is 0 Å². The molecule has 42 heavy (non-hydrogen) atoms. The van der Waals surface area contributed by atoms with Gasteiger partial charge in [0.2, 0.25) is 0 Å². The second kappa shape index (κ2) is 11.0. The number of hydrogen-bond donors (Lipinski definition) is 0. The summed E-state index contributed by atoms with van der Waals surface area (Å²) < 4.78 is 34.9. The van der Waals surface area contributed by atoms with Crippen LogP contribution in [0.25, 0.3) is 11.1 Å². The van der Waals surface area contributed by atoms with Gasteiger partial charge in [0.05, 0.1) is 26.7 Å². The molecule has 2 aliphatic carbocycles. The summed E-state index contributed by atoms with van der Waals surface area (Å²) in [5.41, 5.74) is 8.40. The fourth-order valence-corrected chi connectivity index (χ4v) is 7.41. The monoisotopic (exact) mass is 570 g/mol. The molecule has 0 radical (unpaired) electrons. The van der Waals surface area contributed by atoms with Crippen LogP contribution in [0.2, 0.25) is 0 Å². The first-order valence-electron chi connectivity index (χ1n) is 14.9. The Morgan fingerprint density at radius 1 is 0.881 bits per heavy atom. The van der Waals surface area contributed by atoms with E-state index in [1.807, 2.05) is 6.07 Å². The molecule has 0 aromatic heterocycles. The van der Waals surface area contributed by atoms with E-state index in [2.05, 4.69) is 62.4 Å². The van der Waals surface area contributed by atoms with Crippen molar-refractivity contribution in [2.75, 3.05) is 27.4 Å². The van der Waals surface area contributed by atoms with Crippen molar-refractivity contribution < 1.29 is 33.2 Å². The highest BCUT2D eigenvalue weighted by atomic mass is 16.6. The van der Waals surface area contributed by atoms with E-state index in [-0.39, 0.29) is 36.3 Å². The number of benzene rings is 3. The van der Waals surface area contributed by atoms with E-state index in [0.717, 1.165) is 40.2 Å². The Morgan fingerprint density at radius 3 is 2.40 bits per heavy atom. The summed E-state index contributed by atoms with van der Waals surface area (Å²) in [5.74, 6) is 2.96. The standard InChI is InChI=1S/C35H38O7/c1-19-10-24(42-31-18-41-34-30(37-3)17-40-35(31)34)11-20(2)33(19)22-7-5-6-21(12-22)16-39-23-8-9-25-26(13-23)27-14-28(27)29(25)15-32(36)38-4/h5-13,27-31,34-35H,14-18H2,1-4H3/t27?,28?,29?,30-,31+,34?,35?/m1/s1. The maximum Gasteiger partial charge on any atom is 0.306 e. The van der Waals surface area contributed by atoms with Crippen LogP contribution in [-0.4, -0.2) is 57.8 Å². The highest BCUT2D eigenvalue weighted by Crippen LogP contribution is 2.64. The van der Waals surface area contributed by atoms with Crippen LogP contribution in [0, 0.1) is 19.8 Å². The van der Waals surface area contributed by atoms with Gasteiger partial charge in [0.1, 0.15) is 36.4 Å². The van der Waals surface area contributed by atoms with Crippen molar-refractivity contribution in [2.45, 2.75) is 69.5 Å². The molecule has 5 unspecified atom stereocenters. The van der Waals surface area contributed by atoms with Crippen molar-refractivity contribution in [3.05, 3.63) is 82.4 Å². The van der Waals surface area contributed by atoms with Crippen LogP contribution in [0.1, 0.15) is 52.5 Å². The molecule has 7 heteroatoms. The van der Waals surface area contributed by atoms with Gasteiger partial charge in [0.15, 0.2) is 6.10 Å². The summed E-state index contributed by atoms with van der Waals surface area (Å²) in [6.45, 7) is 5.77. The molecule has 220 valence electrons. The second-order valence-electron chi connectivity index (χ2n) is 12.1. The number of fused-ring (bicyclic) bond motifs is 4. The van der Waals surface area contributed by atoms with Crippen molar-refractivity contribution in [2.24, 2.45) is 5.92 Å². The van der Waals surface area contributed by atoms with Gasteiger partial charge < -0.3 is 28.4 Å². The van der Waals surface area contributed by atoms with E-state index >= 15 is 0 Å². The second-order valence-corrected chi connectivity index (χ2v) is 12.1. The fourth-order valence-electron chi connectivity index (χ4n) is 7.41. The molecular formula is C35H38O7. The molecule has 2 aliphatic heterocycles. The van der Waals surface area contributed by atoms with E-state index in [1.165, 1.54) is 23.8 Å². The van der Waals surface area contributed by atoms with Crippen LogP contribution in [0.5, 0.6) is 11.5 Å². The minimum absolute atomic E-state index is 0.0376. The molecule has 1 saturated carbocycles. The van der Waals surface area contributed by atoms with E-state index < -0.39 is 0 Å². The van der Waals surface area contributed by atoms with Crippen molar-refractivity contribution in [3.8, 4) is 22.6 Å². The molecule has 7 nitrogen and oxygen atoms in total. The third-order valence-electron chi connectivity index (χ3n) is 9.51. The molecule has 7 rings (SSSR count). The van der Waals surface area contributed by atoms with E-state index in [1.54, 1.807) is 7.11 Å². The maximum atomic E-state index is 11.9. The largest absolute Gasteiger partial charge is 0.489 e. The highest BCUT2D eigenvalue weighted by molar-refractivity contribution is 5.73. The Kier molecular flexibility index (Phi) is 7.21. The zero-order valence-corrected chi connectivity index (χ0v) is 24.6. The number of aryl methyl sites for hydroxylation is 2. The first-order chi connectivity index (χ1) is 20.4. The predicted octanol–water partition coefficient (Wildman–Crippen LogP) is 5.87. The fraction of sp³-hybridized carbons (Fsp3) is 0.457. The summed E-state index contributed by atoms with van der Waals surface area (Å²) in [5, 5.41) is 0. The van der Waals surface area contributed by atoms with E-state index in [0.29, 0.717) is 38.1 Å². The summed E-state index contributed by atoms with van der Waals surface area (Å²) in [6.07, 6.45) is 1.25. The number of carbonyl (C=O) groups excluding carboxylic acids is 1. The molecule has 3 fully saturated rings. The number of esters is 1. The number of rotatable bonds is 9. The molecule has 3 aromatic rings. The SMILES string of the molecule is COC(=O)CC1c2ccc(OCc3cccc(-c4c(C)cc(O[C@H]5COC6C5OC[C@H]6OC)cc4C)c3)cc2C2CC12. The Bertz CT molecular complexity index is 1480. The average molecular weight is 571 g/mol. The zero-order valence-electron chi connectivity index (χ0n) is 24.6. The lowest BCUT2D eigenvalue weighted by Crippen LogP contribution is -2.35. The van der Waals surface area contributed by atoms with Gasteiger partial charge in [-0.05, 0) is 107 Å². The Labute approximate surface area is 247 Å². The van der Waals surface area contributed by atoms with Gasteiger partial charge in [-0.1, -0.05) is 24.3 Å². The third-order valence-corrected chi connectivity index (χ3v) is 9.51. The van der Waals surface area contributed by atoms with Gasteiger partial charge in [0, 0.05) is 7.11 Å². The molecule has 2 saturated heterocycles. The topological polar surface area (TPSA) is 72.5 Å². The normalized spacial score (nSPS) is 28.6. The Morgan fingerprint density at radius 2 is 1.64 bits per heavy atom. The molecule has 0 N–H and O–H groups in total. The molecule has 4 aliphatic rings. The number of ether oxygens (including phenoxy) is 6. The number of carbonyl (C=O) groups is 1. The van der Waals surface area contributed by atoms with Crippen molar-refractivity contribution in [1.82, 2.24) is 0 Å². The summed E-state index contributed by atoms with van der Waals surface area (Å²) >= 11 is 0. The molecule has 0 bridgehead atoms. The first kappa shape index (κ1) is 27.4. The highest BCUT2D eigenvalue weighted by Gasteiger charge is 2.52. The van der Waals surface area contributed by atoms with Gasteiger partial charge in [-0.3, -0.25) is 4.79 Å². The lowest BCUT2D eigenvalue weighted by molar-refractivity contribution is -0.141. The van der Waals surface area contributed by atoms with Crippen molar-refractivity contribution in [1.29, 1.82) is 0 Å². The predicted molar refractivity (Wildman–Crippen MR) is 157 cm³/mol. The van der Waals surface area contributed by atoms with Gasteiger partial charge in [-0.2, -0.15) is 0 Å². The molecular weight excluding hydrogens is 532 g/mol. The lowest BCUT2D eigenvalue weighted by Gasteiger charge is -2.20. The molecule has 3 aromatic carbocycles. The Hall–Kier alpha value is -3.39. The van der Waals surface area contributed by atoms with Crippen LogP contribution < -0.4 is 9.47 Å². The zero-order chi connectivity index (χ0) is 29.0. The smallest absolute Gasteiger partial charge is 0.306 e. The maximum absolute atomic E-state index is 11.9. The van der Waals surface area contributed by atoms with Crippen molar-refractivity contribution in [3.63, 3.8) is 0 Å². The minimum Gasteiger partial charge on any atom is -0.489 e. The van der Waals surface area contributed by atoms with Gasteiger partial charge in [-0.15, -0.1) is 0 Å². The van der Waals surface area contributed by atoms with Crippen LogP contribution in [-0.2, 0) is 30.3 Å². The van der Waals surface area contributed by atoms with Crippen LogP contribution in [0.15, 0.2) is 54.6 Å². The van der Waals surface area contributed by atoms with Crippen LogP contribution in [0.3, 0.4) is 0 Å². The van der Waals surface area contributed by atoms with Crippen LogP contribution in [0.4, 0.5) is 0 Å². The Balaban J connectivity index is 1.03. The van der Waals surface area contributed by atoms with Gasteiger partial charge >= 0.3 is 5.97 Å². The summed E-state index contributed by atoms with van der Waals surface area (Å²) in [7, 11) is 3.16. The molecule has 0 spiro atoms. The first-order valence-corrected chi connectivity index (χ1v) is 14.9. The third kappa shape index (κ3) is 4.97. The minimum atomic E-state index is -0.149. The summed E-state index contributed by atoms with van der Waals surface area (Å²) in [6, 6.07) is 19.1. The quantitative estimate of drug-likeness (QED) is 0.298. The average Bonchev–Trinajstić information content (AvgIpc) is 3.37. The van der Waals surface area contributed by atoms with E-state index in [4.69, 9.17) is 28.4 Å². The number of hydrogen-bond acceptors (Lipinski definition) is 7. The molecule has 0 amide bonds. The summed E-state index contributed by atoms with van der Waals surface area (Å²) in [4.78, 5) is 11.9. The number of methoxy groups -OCH3 is 2. The molecule has 2 heterocycles. The van der Waals surface area contributed by atoms with Gasteiger partial charge in [0.25, 0.3) is 0 Å².